The Morgan fingerprint density at radius 2 is 0.856 bits per heavy atom. The van der Waals surface area contributed by atoms with Crippen molar-refractivity contribution in [2.45, 2.75) is 188 Å². The predicted molar refractivity (Wildman–Crippen MR) is 527 cm³/mol. The molecule has 6 atom stereocenters. The van der Waals surface area contributed by atoms with Crippen LogP contribution < -0.4 is 36.0 Å². The Balaban J connectivity index is 0.000000132. The number of carbonyl (C=O) groups is 2. The smallest absolute Gasteiger partial charge is 0.444 e. The maximum Gasteiger partial charge on any atom is 0.490 e. The first-order chi connectivity index (χ1) is 63.5. The number of nitrogens with one attached hydrogen (secondary N) is 4. The summed E-state index contributed by atoms with van der Waals surface area (Å²) in [4.78, 5) is 63.3. The zero-order valence-electron chi connectivity index (χ0n) is 77.8. The fraction of sp³-hybridized carbons (Fsp3) is 0.427. The fourth-order valence-corrected chi connectivity index (χ4v) is 19.1. The van der Waals surface area contributed by atoms with E-state index in [0.717, 1.165) is 179 Å². The van der Waals surface area contributed by atoms with E-state index < -0.39 is 11.2 Å². The first-order valence-corrected chi connectivity index (χ1v) is 46.9. The van der Waals surface area contributed by atoms with Crippen molar-refractivity contribution < 1.29 is 42.6 Å². The molecule has 0 aliphatic carbocycles. The average Bonchev–Trinajstić information content (AvgIpc) is 1.58. The van der Waals surface area contributed by atoms with E-state index in [0.29, 0.717) is 69.0 Å². The lowest BCUT2D eigenvalue weighted by Gasteiger charge is -2.39. The molecule has 2 amide bonds. The molecule has 4 N–H and O–H groups in total. The maximum absolute atomic E-state index is 12.6. The van der Waals surface area contributed by atoms with Gasteiger partial charge in [0.1, 0.15) is 65.2 Å². The molecule has 19 rings (SSSR count). The van der Waals surface area contributed by atoms with E-state index in [1.165, 1.54) is 39.0 Å². The first-order valence-electron chi connectivity index (χ1n) is 46.1. The number of pyridine rings is 3. The van der Waals surface area contributed by atoms with Gasteiger partial charge in [-0.15, -0.1) is 0 Å². The number of anilines is 6. The van der Waals surface area contributed by atoms with E-state index in [1.54, 1.807) is 28.4 Å². The van der Waals surface area contributed by atoms with E-state index in [1.807, 2.05) is 154 Å². The Morgan fingerprint density at radius 3 is 1.23 bits per heavy atom. The third kappa shape index (κ3) is 21.3. The number of nitrogens with zero attached hydrogens (tertiary/aromatic N) is 14. The highest BCUT2D eigenvalue weighted by molar-refractivity contribution is 9.10. The van der Waals surface area contributed by atoms with Crippen LogP contribution in [0.4, 0.5) is 43.7 Å². The largest absolute Gasteiger partial charge is 0.490 e. The molecule has 0 radical (unpaired) electrons. The second-order valence-corrected chi connectivity index (χ2v) is 38.8. The van der Waals surface area contributed by atoms with Crippen LogP contribution in [0.15, 0.2) is 189 Å². The number of halogens is 1. The van der Waals surface area contributed by atoms with Gasteiger partial charge < -0.3 is 78.8 Å². The van der Waals surface area contributed by atoms with Crippen LogP contribution in [0.2, 0.25) is 0 Å². The van der Waals surface area contributed by atoms with Gasteiger partial charge in [-0.3, -0.25) is 29.9 Å². The monoisotopic (exact) mass is 1840 g/mol. The molecule has 684 valence electrons. The third-order valence-electron chi connectivity index (χ3n) is 25.6. The zero-order valence-corrected chi connectivity index (χ0v) is 79.4. The number of nitriles is 3. The summed E-state index contributed by atoms with van der Waals surface area (Å²) in [5.74, 6) is 2.58. The number of hydrogen-bond acceptors (Lipinski definition) is 25. The standard InChI is InChI=1S/C34H38N6O3.C29H30N6O.C24H22BrN5O.C16H28BNO4/c1-22-20-40(29-11-10-24(19-35)31-27(29)8-6-15-36-31)21-30(42-22)32-37-16-12-26-25(7-5-9-28(26)38-32)23-13-17-39(18-14-23)33(41)43-34(2,3)4;1-19-17-35(26-8-7-21(16-30)28-24(26)5-3-12-32-28)18-27(36-19)29-33-15-11-23-22(4-2-6-25(23)34-29)20-9-13-31-14-10-20;1-15-13-30(21-8-7-16(12-26)23-18(21)4-3-10-27-23)14-22(31-15)24-28-11-9-17-19(25)5-2-6-20(17)29-24;1-14(2,3)20-13(19)18-10-8-12(9-11-18)17-21-15(4,5)16(6,7)22-17/h5-11,13,15,22,30H,12,14,16-18,20-21H2,1-4H3,(H,37,38);2-9,12,19,27,31H,10-11,13-15,17-18H2,1H3,(H,33,34);2-8,10,15,22H,9,11,13-14H2,1H3,(H,28,29);8H,9-11H2,1-7H3/t22-,30-;19-,27-;15-,22-;/m111./s1. The number of carbonyl (C=O) groups excluding carboxylic acids is 2. The highest BCUT2D eigenvalue weighted by Gasteiger charge is 2.53. The van der Waals surface area contributed by atoms with E-state index in [9.17, 15) is 25.4 Å². The van der Waals surface area contributed by atoms with Crippen molar-refractivity contribution in [3.63, 3.8) is 0 Å². The molecule has 10 aliphatic rings. The number of morpholine rings is 3. The number of aliphatic imine (C=N–C) groups is 3. The third-order valence-corrected chi connectivity index (χ3v) is 26.3. The summed E-state index contributed by atoms with van der Waals surface area (Å²) in [5, 5.41) is 45.8. The second kappa shape index (κ2) is 40.1. The van der Waals surface area contributed by atoms with Crippen LogP contribution in [-0.2, 0) is 52.3 Å². The molecule has 4 saturated heterocycles. The van der Waals surface area contributed by atoms with Crippen molar-refractivity contribution >= 4 is 131 Å². The van der Waals surface area contributed by atoms with Crippen molar-refractivity contribution in [3.8, 4) is 18.2 Å². The number of benzene rings is 6. The van der Waals surface area contributed by atoms with Gasteiger partial charge in [0.15, 0.2) is 0 Å². The summed E-state index contributed by atoms with van der Waals surface area (Å²) < 4.78 is 43.4. The van der Waals surface area contributed by atoms with Crippen LogP contribution in [0.5, 0.6) is 0 Å². The number of rotatable bonds is 9. The van der Waals surface area contributed by atoms with Crippen LogP contribution >= 0.6 is 15.9 Å². The molecule has 9 aromatic rings. The summed E-state index contributed by atoms with van der Waals surface area (Å²) in [6.45, 7) is 36.4. The Morgan fingerprint density at radius 1 is 0.470 bits per heavy atom. The molecule has 132 heavy (non-hydrogen) atoms. The second-order valence-electron chi connectivity index (χ2n) is 37.9. The van der Waals surface area contributed by atoms with Crippen molar-refractivity contribution in [2.75, 3.05) is 129 Å². The SMILES string of the molecule is CC(C)(C)OC(=O)N1CC=C(B2OC(C)(C)C(C)(C)O2)CC1.C[C@@H]1CN(c2ccc(C#N)c3ncccc23)C[C@H](C2=NCCc3c(Br)cccc3N2)O1.C[C@@H]1CN(c2ccc(C#N)c3ncccc23)C[C@H](C2=NCCc3c(cccc3C3=CCN(C(=O)OC(C)(C)C)CC3)N2)O1.C[C@@H]1CN(c2ccc(C#N)c3ncccc23)C[C@H](C2=NCCc3c(cccc3C3=CCNCC3)N2)O1. The minimum Gasteiger partial charge on any atom is -0.444 e. The molecule has 0 bridgehead atoms. The Labute approximate surface area is 782 Å². The minimum atomic E-state index is -0.509. The van der Waals surface area contributed by atoms with Gasteiger partial charge in [0.05, 0.1) is 82.4 Å². The van der Waals surface area contributed by atoms with Gasteiger partial charge in [-0.2, -0.15) is 15.8 Å². The molecular weight excluding hydrogens is 1720 g/mol. The Kier molecular flexibility index (Phi) is 28.3. The number of aromatic nitrogens is 3. The molecular formula is C103H118BBrN18O9. The van der Waals surface area contributed by atoms with Crippen molar-refractivity contribution in [2.24, 2.45) is 15.0 Å². The first kappa shape index (κ1) is 93.1. The van der Waals surface area contributed by atoms with Gasteiger partial charge in [-0.1, -0.05) is 64.5 Å². The fourth-order valence-electron chi connectivity index (χ4n) is 18.5. The van der Waals surface area contributed by atoms with E-state index >= 15 is 0 Å². The molecule has 4 fully saturated rings. The Hall–Kier alpha value is -12.1. The zero-order chi connectivity index (χ0) is 92.8. The topological polar surface area (TPSA) is 310 Å². The minimum absolute atomic E-state index is 0.0139. The van der Waals surface area contributed by atoms with E-state index in [2.05, 4.69) is 167 Å². The van der Waals surface area contributed by atoms with Crippen LogP contribution in [0.25, 0.3) is 43.9 Å². The summed E-state index contributed by atoms with van der Waals surface area (Å²) in [7, 11) is -0.314. The van der Waals surface area contributed by atoms with Gasteiger partial charge >= 0.3 is 19.3 Å². The van der Waals surface area contributed by atoms with E-state index in [-0.39, 0.29) is 67.1 Å². The van der Waals surface area contributed by atoms with Gasteiger partial charge in [0.25, 0.3) is 0 Å². The summed E-state index contributed by atoms with van der Waals surface area (Å²) in [6.07, 6.45) is 15.8. The van der Waals surface area contributed by atoms with Gasteiger partial charge in [-0.25, -0.2) is 9.59 Å². The van der Waals surface area contributed by atoms with Gasteiger partial charge in [0.2, 0.25) is 0 Å². The number of amides is 2. The molecule has 29 heteroatoms. The van der Waals surface area contributed by atoms with Gasteiger partial charge in [0, 0.05) is 145 Å². The molecule has 0 saturated carbocycles. The quantitative estimate of drug-likeness (QED) is 0.0976. The number of amidine groups is 3. The van der Waals surface area contributed by atoms with Crippen LogP contribution in [0, 0.1) is 34.0 Å². The molecule has 10 aliphatic heterocycles. The highest BCUT2D eigenvalue weighted by Crippen LogP contribution is 2.42. The lowest BCUT2D eigenvalue weighted by Crippen LogP contribution is -2.51. The predicted octanol–water partition coefficient (Wildman–Crippen LogP) is 17.6. The van der Waals surface area contributed by atoms with Crippen molar-refractivity contribution in [1.29, 1.82) is 15.8 Å². The lowest BCUT2D eigenvalue weighted by atomic mass is 9.75. The van der Waals surface area contributed by atoms with Crippen LogP contribution in [0.3, 0.4) is 0 Å². The number of fused-ring (bicyclic) bond motifs is 6. The average molecular weight is 1840 g/mol. The molecule has 0 unspecified atom stereocenters. The van der Waals surface area contributed by atoms with Crippen LogP contribution in [0.1, 0.15) is 154 Å². The Bertz CT molecular complexity index is 6160. The maximum atomic E-state index is 12.6. The normalized spacial score (nSPS) is 21.7. The summed E-state index contributed by atoms with van der Waals surface area (Å²) >= 11 is 3.66. The molecule has 6 aromatic carbocycles. The van der Waals surface area contributed by atoms with E-state index in [4.69, 9.17) is 48.0 Å². The highest BCUT2D eigenvalue weighted by atomic mass is 79.9. The van der Waals surface area contributed by atoms with Crippen molar-refractivity contribution in [1.82, 2.24) is 30.1 Å². The molecule has 0 spiro atoms. The van der Waals surface area contributed by atoms with Crippen molar-refractivity contribution in [3.05, 3.63) is 219 Å². The van der Waals surface area contributed by atoms with Gasteiger partial charge in [-0.05, 0) is 277 Å². The lowest BCUT2D eigenvalue weighted by molar-refractivity contribution is 0.00578. The molecule has 13 heterocycles. The number of hydrogen-bond donors (Lipinski definition) is 4. The summed E-state index contributed by atoms with van der Waals surface area (Å²) in [5.41, 5.74) is 18.9. The van der Waals surface area contributed by atoms with Crippen LogP contribution in [-0.4, -0.2) is 219 Å². The molecule has 3 aromatic heterocycles. The number of ether oxygens (including phenoxy) is 5. The summed E-state index contributed by atoms with van der Waals surface area (Å²) in [6, 6.07) is 49.4. The molecule has 27 nitrogen and oxygen atoms in total.